The first kappa shape index (κ1) is 42.8. The highest BCUT2D eigenvalue weighted by Crippen LogP contribution is 2.66. The van der Waals surface area contributed by atoms with E-state index < -0.39 is 46.8 Å². The van der Waals surface area contributed by atoms with E-state index in [1.807, 2.05) is 78.9 Å². The molecular formula is C53H43Cl2N3O8. The number of aromatic hydroxyl groups is 1. The molecule has 13 heteroatoms. The van der Waals surface area contributed by atoms with E-state index in [0.29, 0.717) is 50.0 Å². The van der Waals surface area contributed by atoms with Gasteiger partial charge in [0.05, 0.1) is 60.9 Å². The number of hydrazine groups is 1. The summed E-state index contributed by atoms with van der Waals surface area (Å²) in [5.74, 6) is -4.31. The van der Waals surface area contributed by atoms with Crippen molar-refractivity contribution in [1.82, 2.24) is 5.01 Å². The molecule has 6 atom stereocenters. The highest BCUT2D eigenvalue weighted by molar-refractivity contribution is 6.36. The summed E-state index contributed by atoms with van der Waals surface area (Å²) >= 11 is 12.9. The Balaban J connectivity index is 1.09. The average molecular weight is 921 g/mol. The van der Waals surface area contributed by atoms with Gasteiger partial charge >= 0.3 is 0 Å². The predicted molar refractivity (Wildman–Crippen MR) is 254 cm³/mol. The summed E-state index contributed by atoms with van der Waals surface area (Å²) in [4.78, 5) is 62.0. The molecule has 10 rings (SSSR count). The Hall–Kier alpha value is -7.08. The van der Waals surface area contributed by atoms with Crippen LogP contribution in [0.3, 0.4) is 0 Å². The molecule has 6 aromatic rings. The van der Waals surface area contributed by atoms with E-state index in [1.54, 1.807) is 75.9 Å². The summed E-state index contributed by atoms with van der Waals surface area (Å²) in [5.41, 5.74) is 5.38. The maximum Gasteiger partial charge on any atom is 0.260 e. The molecule has 2 saturated heterocycles. The molecule has 3 fully saturated rings. The van der Waals surface area contributed by atoms with Crippen molar-refractivity contribution in [1.29, 1.82) is 0 Å². The number of nitrogens with one attached hydrogen (secondary N) is 1. The number of hydrogen-bond acceptors (Lipinski definition) is 9. The third-order valence-electron chi connectivity index (χ3n) is 13.9. The third kappa shape index (κ3) is 6.71. The van der Waals surface area contributed by atoms with Crippen molar-refractivity contribution in [3.8, 4) is 23.0 Å². The lowest BCUT2D eigenvalue weighted by Gasteiger charge is -2.51. The molecule has 2 aliphatic heterocycles. The van der Waals surface area contributed by atoms with Gasteiger partial charge in [0.1, 0.15) is 23.0 Å². The summed E-state index contributed by atoms with van der Waals surface area (Å²) in [5, 5.41) is 15.2. The van der Waals surface area contributed by atoms with Crippen LogP contribution in [0.15, 0.2) is 133 Å². The highest BCUT2D eigenvalue weighted by Gasteiger charge is 2.71. The number of phenolic OH excluding ortho intramolecular Hbond substituents is 1. The predicted octanol–water partition coefficient (Wildman–Crippen LogP) is 10.2. The van der Waals surface area contributed by atoms with Crippen molar-refractivity contribution in [2.75, 3.05) is 31.7 Å². The number of allylic oxidation sites excluding steroid dienone is 2. The Morgan fingerprint density at radius 2 is 1.48 bits per heavy atom. The minimum absolute atomic E-state index is 0.0580. The van der Waals surface area contributed by atoms with Gasteiger partial charge in [-0.1, -0.05) is 102 Å². The molecule has 332 valence electrons. The molecule has 6 unspecified atom stereocenters. The number of carbonyl (C=O) groups excluding carboxylic acids is 4. The number of amides is 4. The second-order valence-corrected chi connectivity index (χ2v) is 17.8. The number of halogens is 2. The molecule has 66 heavy (non-hydrogen) atoms. The largest absolute Gasteiger partial charge is 0.508 e. The molecule has 11 nitrogen and oxygen atoms in total. The van der Waals surface area contributed by atoms with Crippen LogP contribution in [0.1, 0.15) is 41.0 Å². The van der Waals surface area contributed by atoms with Crippen LogP contribution in [0, 0.1) is 23.7 Å². The number of methoxy groups -OCH3 is 3. The number of rotatable bonds is 10. The number of imide groups is 2. The standard InChI is InChI=1S/C53H43Cl2N3O8/c1-64-35-18-13-32(14-19-35)53-41(50(61)58(52(53)63)56-43-23-15-33(54)27-42(43)55)28-40-38(48(53)47-37-7-5-4-6-30(37)12-24-44(47)59)21-22-39-46(40)51(62)57(49(39)60)34-16-9-29(10-17-34)8-11-31-26-36(65-2)20-25-45(31)66-3/h4-21,23-27,39-41,46,48,56,59H,22,28H2,1-3H3. The van der Waals surface area contributed by atoms with Gasteiger partial charge in [0.2, 0.25) is 11.8 Å². The van der Waals surface area contributed by atoms with Crippen molar-refractivity contribution in [2.24, 2.45) is 23.7 Å². The van der Waals surface area contributed by atoms with Crippen LogP contribution in [0.4, 0.5) is 11.4 Å². The lowest BCUT2D eigenvalue weighted by Crippen LogP contribution is -2.53. The second-order valence-electron chi connectivity index (χ2n) is 17.0. The van der Waals surface area contributed by atoms with Gasteiger partial charge in [0, 0.05) is 22.1 Å². The molecule has 0 radical (unpaired) electrons. The van der Waals surface area contributed by atoms with Crippen molar-refractivity contribution in [2.45, 2.75) is 24.2 Å². The minimum Gasteiger partial charge on any atom is -0.508 e. The molecule has 2 aliphatic carbocycles. The zero-order chi connectivity index (χ0) is 46.0. The Bertz CT molecular complexity index is 3040. The minimum atomic E-state index is -1.66. The summed E-state index contributed by atoms with van der Waals surface area (Å²) in [6.45, 7) is 0. The zero-order valence-electron chi connectivity index (χ0n) is 36.0. The van der Waals surface area contributed by atoms with E-state index in [1.165, 1.54) is 11.0 Å². The van der Waals surface area contributed by atoms with E-state index in [9.17, 15) is 9.90 Å². The van der Waals surface area contributed by atoms with Gasteiger partial charge in [0.25, 0.3) is 11.8 Å². The van der Waals surface area contributed by atoms with Crippen LogP contribution < -0.4 is 24.5 Å². The van der Waals surface area contributed by atoms with Crippen LogP contribution in [-0.4, -0.2) is 55.1 Å². The number of anilines is 2. The van der Waals surface area contributed by atoms with Crippen LogP contribution in [0.2, 0.25) is 10.0 Å². The Labute approximate surface area is 390 Å². The van der Waals surface area contributed by atoms with Crippen LogP contribution in [0.5, 0.6) is 23.0 Å². The van der Waals surface area contributed by atoms with Gasteiger partial charge in [-0.3, -0.25) is 29.5 Å². The van der Waals surface area contributed by atoms with Gasteiger partial charge in [-0.25, -0.2) is 0 Å². The first-order valence-electron chi connectivity index (χ1n) is 21.5. The first-order valence-corrected chi connectivity index (χ1v) is 22.3. The summed E-state index contributed by atoms with van der Waals surface area (Å²) < 4.78 is 16.5. The Morgan fingerprint density at radius 1 is 0.742 bits per heavy atom. The van der Waals surface area contributed by atoms with Gasteiger partial charge < -0.3 is 19.3 Å². The third-order valence-corrected chi connectivity index (χ3v) is 14.4. The summed E-state index contributed by atoms with van der Waals surface area (Å²) in [6.07, 6.45) is 6.04. The quantitative estimate of drug-likeness (QED) is 0.0782. The fourth-order valence-corrected chi connectivity index (χ4v) is 11.3. The molecule has 6 aromatic carbocycles. The number of ether oxygens (including phenoxy) is 3. The number of phenols is 1. The van der Waals surface area contributed by atoms with E-state index in [0.717, 1.165) is 21.5 Å². The van der Waals surface area contributed by atoms with Crippen molar-refractivity contribution >= 4 is 81.1 Å². The Kier molecular flexibility index (Phi) is 10.9. The summed E-state index contributed by atoms with van der Waals surface area (Å²) in [7, 11) is 4.74. The van der Waals surface area contributed by atoms with Gasteiger partial charge in [-0.05, 0) is 107 Å². The van der Waals surface area contributed by atoms with E-state index in [4.69, 9.17) is 37.4 Å². The molecule has 0 bridgehead atoms. The molecule has 1 saturated carbocycles. The average Bonchev–Trinajstić information content (AvgIpc) is 3.72. The van der Waals surface area contributed by atoms with E-state index in [2.05, 4.69) is 5.43 Å². The molecule has 0 spiro atoms. The molecular weight excluding hydrogens is 878 g/mol. The second kappa shape index (κ2) is 16.7. The first-order chi connectivity index (χ1) is 32.0. The van der Waals surface area contributed by atoms with Crippen LogP contribution in [0.25, 0.3) is 22.9 Å². The Morgan fingerprint density at radius 3 is 2.21 bits per heavy atom. The van der Waals surface area contributed by atoms with E-state index in [-0.39, 0.29) is 41.1 Å². The van der Waals surface area contributed by atoms with Gasteiger partial charge in [-0.15, -0.1) is 0 Å². The van der Waals surface area contributed by atoms with Gasteiger partial charge in [-0.2, -0.15) is 5.01 Å². The zero-order valence-corrected chi connectivity index (χ0v) is 37.5. The number of carbonyl (C=O) groups is 4. The highest BCUT2D eigenvalue weighted by atomic mass is 35.5. The summed E-state index contributed by atoms with van der Waals surface area (Å²) in [6, 6.07) is 35.4. The molecule has 2 heterocycles. The fraction of sp³-hybridized carbons (Fsp3) is 0.208. The normalized spacial score (nSPS) is 23.5. The molecule has 4 amide bonds. The van der Waals surface area contributed by atoms with Crippen molar-refractivity contribution in [3.63, 3.8) is 0 Å². The molecule has 4 aliphatic rings. The van der Waals surface area contributed by atoms with Crippen LogP contribution >= 0.6 is 23.2 Å². The molecule has 0 aromatic heterocycles. The SMILES string of the molecule is COc1ccc(C23C(=O)N(Nc4ccc(Cl)cc4Cl)C(=O)C2CC2C(=CCC4C(=O)N(c5ccc(C=Cc6cc(OC)ccc6OC)cc5)C(=O)C42)C3c2c(O)ccc3ccccc23)cc1. The molecule has 2 N–H and O–H groups in total. The smallest absolute Gasteiger partial charge is 0.260 e. The topological polar surface area (TPSA) is 135 Å². The fourth-order valence-electron chi connectivity index (χ4n) is 10.9. The lowest BCUT2D eigenvalue weighted by atomic mass is 9.48. The van der Waals surface area contributed by atoms with Crippen molar-refractivity contribution in [3.05, 3.63) is 165 Å². The lowest BCUT2D eigenvalue weighted by molar-refractivity contribution is -0.138. The van der Waals surface area contributed by atoms with Gasteiger partial charge in [0.15, 0.2) is 0 Å². The van der Waals surface area contributed by atoms with Crippen LogP contribution in [-0.2, 0) is 24.6 Å². The maximum atomic E-state index is 15.8. The number of nitrogens with zero attached hydrogens (tertiary/aromatic N) is 2. The number of fused-ring (bicyclic) bond motifs is 5. The number of benzene rings is 6. The number of hydrogen-bond donors (Lipinski definition) is 2. The van der Waals surface area contributed by atoms with E-state index >= 15 is 14.4 Å². The monoisotopic (exact) mass is 919 g/mol. The maximum absolute atomic E-state index is 15.8. The van der Waals surface area contributed by atoms with Crippen molar-refractivity contribution < 1.29 is 38.5 Å².